The van der Waals surface area contributed by atoms with Crippen molar-refractivity contribution in [3.63, 3.8) is 0 Å². The molecule has 0 aliphatic rings. The van der Waals surface area contributed by atoms with Gasteiger partial charge < -0.3 is 10.3 Å². The molecule has 0 amide bonds. The molecule has 2 rings (SSSR count). The highest BCUT2D eigenvalue weighted by Crippen LogP contribution is 2.22. The van der Waals surface area contributed by atoms with E-state index in [1.54, 1.807) is 0 Å². The van der Waals surface area contributed by atoms with Crippen molar-refractivity contribution in [3.8, 4) is 0 Å². The Labute approximate surface area is 117 Å². The summed E-state index contributed by atoms with van der Waals surface area (Å²) >= 11 is 3.50. The van der Waals surface area contributed by atoms with Crippen LogP contribution in [0.4, 0.5) is 0 Å². The minimum absolute atomic E-state index is 0.557. The number of nitrogens with zero attached hydrogens (tertiary/aromatic N) is 2. The maximum Gasteiger partial charge on any atom is 0.109 e. The van der Waals surface area contributed by atoms with E-state index < -0.39 is 0 Å². The lowest BCUT2D eigenvalue weighted by Gasteiger charge is -2.09. The van der Waals surface area contributed by atoms with Gasteiger partial charge in [0.1, 0.15) is 5.82 Å². The Bertz CT molecular complexity index is 533. The lowest BCUT2D eigenvalue weighted by atomic mass is 10.1. The number of aromatic nitrogens is 2. The van der Waals surface area contributed by atoms with Crippen molar-refractivity contribution in [2.24, 2.45) is 11.7 Å². The van der Waals surface area contributed by atoms with E-state index in [2.05, 4.69) is 52.5 Å². The molecule has 0 saturated heterocycles. The van der Waals surface area contributed by atoms with Crippen LogP contribution in [0.15, 0.2) is 22.7 Å². The molecule has 0 saturated carbocycles. The van der Waals surface area contributed by atoms with E-state index in [-0.39, 0.29) is 0 Å². The van der Waals surface area contributed by atoms with Gasteiger partial charge in [-0.15, -0.1) is 0 Å². The maximum atomic E-state index is 5.67. The lowest BCUT2D eigenvalue weighted by Crippen LogP contribution is -2.12. The average Bonchev–Trinajstić information content (AvgIpc) is 2.72. The van der Waals surface area contributed by atoms with Gasteiger partial charge in [-0.1, -0.05) is 22.9 Å². The van der Waals surface area contributed by atoms with Crippen molar-refractivity contribution in [2.45, 2.75) is 33.2 Å². The molecule has 1 aromatic carbocycles. The number of hydrogen-bond donors (Lipinski definition) is 1. The van der Waals surface area contributed by atoms with Crippen molar-refractivity contribution in [1.29, 1.82) is 0 Å². The second-order valence-electron chi connectivity index (χ2n) is 4.78. The van der Waals surface area contributed by atoms with Crippen molar-refractivity contribution in [1.82, 2.24) is 9.55 Å². The summed E-state index contributed by atoms with van der Waals surface area (Å²) in [6.07, 6.45) is 2.10. The van der Waals surface area contributed by atoms with Crippen LogP contribution < -0.4 is 5.73 Å². The van der Waals surface area contributed by atoms with Crippen molar-refractivity contribution >= 4 is 27.0 Å². The number of benzene rings is 1. The minimum atomic E-state index is 0.557. The number of nitrogens with two attached hydrogens (primary N) is 1. The van der Waals surface area contributed by atoms with Crippen LogP contribution in [-0.2, 0) is 13.0 Å². The van der Waals surface area contributed by atoms with E-state index in [0.29, 0.717) is 5.92 Å². The zero-order valence-corrected chi connectivity index (χ0v) is 12.6. The van der Waals surface area contributed by atoms with Gasteiger partial charge in [0.2, 0.25) is 0 Å². The van der Waals surface area contributed by atoms with E-state index in [4.69, 9.17) is 10.7 Å². The molecule has 18 heavy (non-hydrogen) atoms. The van der Waals surface area contributed by atoms with Gasteiger partial charge in [0.15, 0.2) is 0 Å². The molecule has 1 aromatic heterocycles. The lowest BCUT2D eigenvalue weighted by molar-refractivity contribution is 0.527. The van der Waals surface area contributed by atoms with Crippen molar-refractivity contribution < 1.29 is 0 Å². The van der Waals surface area contributed by atoms with Crippen LogP contribution in [0.1, 0.15) is 26.1 Å². The Balaban J connectivity index is 2.32. The highest BCUT2D eigenvalue weighted by atomic mass is 79.9. The van der Waals surface area contributed by atoms with E-state index in [1.165, 1.54) is 11.3 Å². The van der Waals surface area contributed by atoms with E-state index in [1.807, 2.05) is 0 Å². The summed E-state index contributed by atoms with van der Waals surface area (Å²) in [7, 11) is 0. The second-order valence-corrected chi connectivity index (χ2v) is 5.70. The number of aryl methyl sites for hydroxylation is 2. The van der Waals surface area contributed by atoms with E-state index in [9.17, 15) is 0 Å². The molecule has 0 radical (unpaired) electrons. The van der Waals surface area contributed by atoms with Gasteiger partial charge in [-0.25, -0.2) is 4.98 Å². The van der Waals surface area contributed by atoms with Crippen LogP contribution in [0.5, 0.6) is 0 Å². The molecule has 2 aromatic rings. The van der Waals surface area contributed by atoms with Crippen LogP contribution >= 0.6 is 15.9 Å². The molecule has 0 fully saturated rings. The molecule has 1 atom stereocenters. The Hall–Kier alpha value is -0.870. The second kappa shape index (κ2) is 5.85. The van der Waals surface area contributed by atoms with Gasteiger partial charge in [0.05, 0.1) is 11.0 Å². The van der Waals surface area contributed by atoms with Gasteiger partial charge in [-0.3, -0.25) is 0 Å². The smallest absolute Gasteiger partial charge is 0.109 e. The maximum absolute atomic E-state index is 5.67. The summed E-state index contributed by atoms with van der Waals surface area (Å²) < 4.78 is 3.38. The van der Waals surface area contributed by atoms with Crippen LogP contribution in [0.25, 0.3) is 11.0 Å². The molecule has 1 unspecified atom stereocenters. The molecular formula is C14H20BrN3. The Kier molecular flexibility index (Phi) is 4.40. The Morgan fingerprint density at radius 3 is 2.89 bits per heavy atom. The first-order valence-corrected chi connectivity index (χ1v) is 7.29. The minimum Gasteiger partial charge on any atom is -0.330 e. The number of fused-ring (bicyclic) bond motifs is 1. The SMILES string of the molecule is CCn1c(CCC(C)CN)nc2cc(Br)ccc21. The summed E-state index contributed by atoms with van der Waals surface area (Å²) in [5.74, 6) is 1.73. The summed E-state index contributed by atoms with van der Waals surface area (Å²) in [5, 5.41) is 0. The third-order valence-electron chi connectivity index (χ3n) is 3.37. The van der Waals surface area contributed by atoms with Crippen molar-refractivity contribution in [2.75, 3.05) is 6.54 Å². The predicted molar refractivity (Wildman–Crippen MR) is 79.6 cm³/mol. The number of hydrogen-bond acceptors (Lipinski definition) is 2. The molecule has 0 bridgehead atoms. The Morgan fingerprint density at radius 2 is 2.22 bits per heavy atom. The molecule has 0 spiro atoms. The first-order valence-electron chi connectivity index (χ1n) is 6.50. The number of imidazole rings is 1. The van der Waals surface area contributed by atoms with Gasteiger partial charge in [0.25, 0.3) is 0 Å². The average molecular weight is 310 g/mol. The third-order valence-corrected chi connectivity index (χ3v) is 3.86. The molecule has 98 valence electrons. The fourth-order valence-corrected chi connectivity index (χ4v) is 2.54. The largest absolute Gasteiger partial charge is 0.330 e. The normalized spacial score (nSPS) is 13.1. The van der Waals surface area contributed by atoms with Crippen LogP contribution in [-0.4, -0.2) is 16.1 Å². The monoisotopic (exact) mass is 309 g/mol. The molecule has 1 heterocycles. The summed E-state index contributed by atoms with van der Waals surface area (Å²) in [5.41, 5.74) is 7.96. The quantitative estimate of drug-likeness (QED) is 0.920. The van der Waals surface area contributed by atoms with E-state index in [0.717, 1.165) is 35.9 Å². The zero-order valence-electron chi connectivity index (χ0n) is 11.0. The van der Waals surface area contributed by atoms with Crippen molar-refractivity contribution in [3.05, 3.63) is 28.5 Å². The standard InChI is InChI=1S/C14H20BrN3/c1-3-18-13-6-5-11(15)8-12(13)17-14(18)7-4-10(2)9-16/h5-6,8,10H,3-4,7,9,16H2,1-2H3. The summed E-state index contributed by atoms with van der Waals surface area (Å²) in [4.78, 5) is 4.74. The Morgan fingerprint density at radius 1 is 1.44 bits per heavy atom. The summed E-state index contributed by atoms with van der Waals surface area (Å²) in [6.45, 7) is 6.07. The van der Waals surface area contributed by atoms with Gasteiger partial charge in [-0.05, 0) is 44.0 Å². The van der Waals surface area contributed by atoms with Gasteiger partial charge in [0, 0.05) is 17.4 Å². The number of rotatable bonds is 5. The first kappa shape index (κ1) is 13.6. The summed E-state index contributed by atoms with van der Waals surface area (Å²) in [6, 6.07) is 6.28. The molecule has 0 aliphatic heterocycles. The predicted octanol–water partition coefficient (Wildman–Crippen LogP) is 3.35. The van der Waals surface area contributed by atoms with Crippen LogP contribution in [0.3, 0.4) is 0 Å². The molecular weight excluding hydrogens is 290 g/mol. The molecule has 2 N–H and O–H groups in total. The van der Waals surface area contributed by atoms with Crippen LogP contribution in [0.2, 0.25) is 0 Å². The molecule has 4 heteroatoms. The topological polar surface area (TPSA) is 43.8 Å². The fourth-order valence-electron chi connectivity index (χ4n) is 2.19. The highest BCUT2D eigenvalue weighted by Gasteiger charge is 2.10. The molecule has 0 aliphatic carbocycles. The fraction of sp³-hybridized carbons (Fsp3) is 0.500. The first-order chi connectivity index (χ1) is 8.65. The highest BCUT2D eigenvalue weighted by molar-refractivity contribution is 9.10. The van der Waals surface area contributed by atoms with Crippen LogP contribution in [0, 0.1) is 5.92 Å². The van der Waals surface area contributed by atoms with Gasteiger partial charge >= 0.3 is 0 Å². The number of halogens is 1. The van der Waals surface area contributed by atoms with Gasteiger partial charge in [-0.2, -0.15) is 0 Å². The molecule has 3 nitrogen and oxygen atoms in total. The third kappa shape index (κ3) is 2.75. The zero-order chi connectivity index (χ0) is 13.1. The van der Waals surface area contributed by atoms with E-state index >= 15 is 0 Å².